The van der Waals surface area contributed by atoms with Crippen molar-refractivity contribution in [3.8, 4) is 0 Å². The summed E-state index contributed by atoms with van der Waals surface area (Å²) in [5, 5.41) is 5.53. The van der Waals surface area contributed by atoms with Gasteiger partial charge >= 0.3 is 6.03 Å². The summed E-state index contributed by atoms with van der Waals surface area (Å²) in [6.07, 6.45) is 4.31. The summed E-state index contributed by atoms with van der Waals surface area (Å²) in [4.78, 5) is 36.7. The minimum Gasteiger partial charge on any atom is -0.356 e. The predicted molar refractivity (Wildman–Crippen MR) is 69.4 cm³/mol. The van der Waals surface area contributed by atoms with Crippen molar-refractivity contribution in [2.45, 2.75) is 51.0 Å². The largest absolute Gasteiger partial charge is 0.356 e. The summed E-state index contributed by atoms with van der Waals surface area (Å²) in [6, 6.07) is -0.303. The van der Waals surface area contributed by atoms with Crippen molar-refractivity contribution in [1.82, 2.24) is 15.5 Å². The van der Waals surface area contributed by atoms with E-state index in [0.29, 0.717) is 25.9 Å². The van der Waals surface area contributed by atoms with Crippen LogP contribution in [-0.4, -0.2) is 41.4 Å². The van der Waals surface area contributed by atoms with Gasteiger partial charge in [0.25, 0.3) is 5.91 Å². The van der Waals surface area contributed by atoms with E-state index in [-0.39, 0.29) is 17.8 Å². The minimum atomic E-state index is -0.636. The lowest BCUT2D eigenvalue weighted by Gasteiger charge is -2.19. The molecule has 0 aromatic carbocycles. The number of hydrogen-bond donors (Lipinski definition) is 2. The van der Waals surface area contributed by atoms with Gasteiger partial charge in [0, 0.05) is 19.5 Å². The average Bonchev–Trinajstić information content (AvgIpc) is 2.91. The Labute approximate surface area is 112 Å². The summed E-state index contributed by atoms with van der Waals surface area (Å²) >= 11 is 0. The van der Waals surface area contributed by atoms with Crippen LogP contribution in [0.4, 0.5) is 4.79 Å². The number of rotatable bonds is 5. The first-order chi connectivity index (χ1) is 9.09. The van der Waals surface area contributed by atoms with Gasteiger partial charge in [-0.3, -0.25) is 14.5 Å². The molecule has 1 heterocycles. The standard InChI is InChI=1S/C13H21N3O3/c1-2-14-10(17)6-5-9-16-11(18)13(15-12(16)19)7-3-4-8-13/h2-9H2,1H3,(H,14,17)(H,15,19). The molecule has 0 atom stereocenters. The molecule has 0 bridgehead atoms. The smallest absolute Gasteiger partial charge is 0.325 e. The Hall–Kier alpha value is -1.59. The fraction of sp³-hybridized carbons (Fsp3) is 0.769. The summed E-state index contributed by atoms with van der Waals surface area (Å²) < 4.78 is 0. The van der Waals surface area contributed by atoms with E-state index in [2.05, 4.69) is 10.6 Å². The maximum atomic E-state index is 12.3. The topological polar surface area (TPSA) is 78.5 Å². The van der Waals surface area contributed by atoms with E-state index in [9.17, 15) is 14.4 Å². The highest BCUT2D eigenvalue weighted by Gasteiger charge is 2.51. The third kappa shape index (κ3) is 2.72. The summed E-state index contributed by atoms with van der Waals surface area (Å²) in [6.45, 7) is 2.79. The van der Waals surface area contributed by atoms with Crippen LogP contribution in [0.25, 0.3) is 0 Å². The third-order valence-electron chi connectivity index (χ3n) is 3.86. The molecule has 1 aliphatic heterocycles. The lowest BCUT2D eigenvalue weighted by molar-refractivity contribution is -0.131. The summed E-state index contributed by atoms with van der Waals surface area (Å²) in [7, 11) is 0. The van der Waals surface area contributed by atoms with Crippen LogP contribution in [0.15, 0.2) is 0 Å². The molecular weight excluding hydrogens is 246 g/mol. The Morgan fingerprint density at radius 1 is 1.37 bits per heavy atom. The number of nitrogens with one attached hydrogen (secondary N) is 2. The van der Waals surface area contributed by atoms with Gasteiger partial charge in [-0.2, -0.15) is 0 Å². The van der Waals surface area contributed by atoms with Crippen molar-refractivity contribution >= 4 is 17.8 Å². The zero-order chi connectivity index (χ0) is 13.9. The van der Waals surface area contributed by atoms with E-state index in [0.717, 1.165) is 25.7 Å². The van der Waals surface area contributed by atoms with Crippen LogP contribution in [0, 0.1) is 0 Å². The van der Waals surface area contributed by atoms with Gasteiger partial charge in [0.1, 0.15) is 5.54 Å². The molecule has 19 heavy (non-hydrogen) atoms. The maximum absolute atomic E-state index is 12.3. The molecule has 0 radical (unpaired) electrons. The van der Waals surface area contributed by atoms with Crippen molar-refractivity contribution in [2.24, 2.45) is 0 Å². The number of hydrogen-bond acceptors (Lipinski definition) is 3. The molecule has 1 spiro atoms. The van der Waals surface area contributed by atoms with E-state index in [4.69, 9.17) is 0 Å². The Morgan fingerprint density at radius 2 is 2.05 bits per heavy atom. The Kier molecular flexibility index (Phi) is 4.07. The number of amides is 4. The van der Waals surface area contributed by atoms with Gasteiger partial charge in [-0.25, -0.2) is 4.79 Å². The first kappa shape index (κ1) is 13.8. The quantitative estimate of drug-likeness (QED) is 0.722. The third-order valence-corrected chi connectivity index (χ3v) is 3.86. The van der Waals surface area contributed by atoms with Crippen LogP contribution in [0.3, 0.4) is 0 Å². The minimum absolute atomic E-state index is 0.0369. The average molecular weight is 267 g/mol. The molecule has 6 heteroatoms. The number of urea groups is 1. The van der Waals surface area contributed by atoms with Crippen LogP contribution in [-0.2, 0) is 9.59 Å². The van der Waals surface area contributed by atoms with Crippen molar-refractivity contribution in [3.63, 3.8) is 0 Å². The Morgan fingerprint density at radius 3 is 2.68 bits per heavy atom. The second kappa shape index (κ2) is 5.59. The highest BCUT2D eigenvalue weighted by Crippen LogP contribution is 2.35. The van der Waals surface area contributed by atoms with E-state index < -0.39 is 5.54 Å². The van der Waals surface area contributed by atoms with Gasteiger partial charge in [-0.05, 0) is 26.2 Å². The molecule has 1 saturated carbocycles. The van der Waals surface area contributed by atoms with Crippen molar-refractivity contribution in [3.05, 3.63) is 0 Å². The second-order valence-corrected chi connectivity index (χ2v) is 5.23. The zero-order valence-corrected chi connectivity index (χ0v) is 11.3. The first-order valence-electron chi connectivity index (χ1n) is 7.00. The van der Waals surface area contributed by atoms with Gasteiger partial charge in [0.15, 0.2) is 0 Å². The highest BCUT2D eigenvalue weighted by molar-refractivity contribution is 6.07. The molecule has 2 aliphatic rings. The summed E-state index contributed by atoms with van der Waals surface area (Å²) in [5.41, 5.74) is -0.636. The van der Waals surface area contributed by atoms with E-state index in [1.54, 1.807) is 0 Å². The Bertz CT molecular complexity index is 389. The molecule has 1 aliphatic carbocycles. The molecule has 0 aromatic heterocycles. The molecular formula is C13H21N3O3. The van der Waals surface area contributed by atoms with Crippen LogP contribution in [0.1, 0.15) is 45.4 Å². The molecule has 2 fully saturated rings. The fourth-order valence-electron chi connectivity index (χ4n) is 2.88. The fourth-order valence-corrected chi connectivity index (χ4v) is 2.88. The van der Waals surface area contributed by atoms with Crippen LogP contribution >= 0.6 is 0 Å². The second-order valence-electron chi connectivity index (χ2n) is 5.23. The first-order valence-corrected chi connectivity index (χ1v) is 7.00. The van der Waals surface area contributed by atoms with Gasteiger partial charge in [0.2, 0.25) is 5.91 Å². The Balaban J connectivity index is 1.85. The van der Waals surface area contributed by atoms with Gasteiger partial charge < -0.3 is 10.6 Å². The van der Waals surface area contributed by atoms with Crippen molar-refractivity contribution in [1.29, 1.82) is 0 Å². The van der Waals surface area contributed by atoms with Gasteiger partial charge in [-0.15, -0.1) is 0 Å². The van der Waals surface area contributed by atoms with E-state index in [1.165, 1.54) is 4.90 Å². The zero-order valence-electron chi connectivity index (χ0n) is 11.3. The maximum Gasteiger partial charge on any atom is 0.325 e. The molecule has 2 rings (SSSR count). The number of carbonyl (C=O) groups is 3. The number of nitrogens with zero attached hydrogens (tertiary/aromatic N) is 1. The molecule has 2 N–H and O–H groups in total. The summed E-state index contributed by atoms with van der Waals surface area (Å²) in [5.74, 6) is -0.143. The van der Waals surface area contributed by atoms with Crippen LogP contribution < -0.4 is 10.6 Å². The molecule has 0 unspecified atom stereocenters. The van der Waals surface area contributed by atoms with Crippen LogP contribution in [0.2, 0.25) is 0 Å². The lowest BCUT2D eigenvalue weighted by atomic mass is 9.98. The molecule has 4 amide bonds. The SMILES string of the molecule is CCNC(=O)CCCN1C(=O)NC2(CCCC2)C1=O. The molecule has 1 saturated heterocycles. The van der Waals surface area contributed by atoms with Gasteiger partial charge in [0.05, 0.1) is 0 Å². The van der Waals surface area contributed by atoms with Crippen molar-refractivity contribution in [2.75, 3.05) is 13.1 Å². The molecule has 106 valence electrons. The molecule has 6 nitrogen and oxygen atoms in total. The van der Waals surface area contributed by atoms with E-state index >= 15 is 0 Å². The normalized spacial score (nSPS) is 21.0. The predicted octanol–water partition coefficient (Wildman–Crippen LogP) is 0.767. The number of imide groups is 1. The lowest BCUT2D eigenvalue weighted by Crippen LogP contribution is -2.44. The van der Waals surface area contributed by atoms with Crippen LogP contribution in [0.5, 0.6) is 0 Å². The number of carbonyl (C=O) groups excluding carboxylic acids is 3. The van der Waals surface area contributed by atoms with Crippen molar-refractivity contribution < 1.29 is 14.4 Å². The van der Waals surface area contributed by atoms with E-state index in [1.807, 2.05) is 6.92 Å². The monoisotopic (exact) mass is 267 g/mol. The molecule has 0 aromatic rings. The highest BCUT2D eigenvalue weighted by atomic mass is 16.2. The van der Waals surface area contributed by atoms with Gasteiger partial charge in [-0.1, -0.05) is 12.8 Å².